The number of fused-ring (bicyclic) bond motifs is 2. The Balaban J connectivity index is 0.000000146. The Morgan fingerprint density at radius 3 is 2.06 bits per heavy atom. The van der Waals surface area contributed by atoms with E-state index in [1.807, 2.05) is 30.5 Å². The highest BCUT2D eigenvalue weighted by atomic mass is 79.9. The molecule has 48 heavy (non-hydrogen) atoms. The van der Waals surface area contributed by atoms with Crippen LogP contribution in [-0.2, 0) is 15.7 Å². The van der Waals surface area contributed by atoms with Crippen LogP contribution in [0.15, 0.2) is 105 Å². The number of hydrogen-bond donors (Lipinski definition) is 1. The molecule has 0 saturated carbocycles. The number of nitro groups is 2. The van der Waals surface area contributed by atoms with Crippen molar-refractivity contribution >= 4 is 88.7 Å². The number of benzene rings is 4. The van der Waals surface area contributed by atoms with Crippen LogP contribution in [0.1, 0.15) is 38.8 Å². The molecule has 4 aromatic carbocycles. The summed E-state index contributed by atoms with van der Waals surface area (Å²) in [6.45, 7) is 8.33. The second kappa shape index (κ2) is 14.5. The fourth-order valence-corrected chi connectivity index (χ4v) is 6.69. The SMILES string of the molecule is CC1(C)OB(c2ccc3c(c2)C=CC3)OC1(C)C.O=[N+]([O-])c1ccc(Br)cc1-c1ccc2[nH]ccc2c1.O=[N+]([O-])c1ccc(Br)cc1Br. The van der Waals surface area contributed by atoms with Crippen molar-refractivity contribution in [1.82, 2.24) is 4.98 Å². The molecule has 9 nitrogen and oxygen atoms in total. The number of hydrogen-bond acceptors (Lipinski definition) is 6. The van der Waals surface area contributed by atoms with E-state index in [0.717, 1.165) is 37.3 Å². The number of halogens is 3. The third-order valence-corrected chi connectivity index (χ3v) is 10.1. The van der Waals surface area contributed by atoms with Gasteiger partial charge < -0.3 is 14.3 Å². The van der Waals surface area contributed by atoms with E-state index in [-0.39, 0.29) is 34.6 Å². The standard InChI is InChI=1S/C15H19BO2.C14H9BrN2O2.C6H3Br2NO2/c1-14(2)15(3,4)18-16(17-14)13-9-8-11-6-5-7-12(11)10-13;15-11-2-4-14(17(18)19)12(8-11)9-1-3-13-10(7-9)5-6-16-13;7-4-1-2-6(9(10)11)5(8)3-4/h5,7-10H,6H2,1-4H3;1-8,16H;1-3H. The van der Waals surface area contributed by atoms with Gasteiger partial charge in [0.05, 0.1) is 31.1 Å². The predicted molar refractivity (Wildman–Crippen MR) is 201 cm³/mol. The van der Waals surface area contributed by atoms with Gasteiger partial charge in [-0.25, -0.2) is 0 Å². The molecule has 5 aromatic rings. The number of nitro benzene ring substituents is 2. The van der Waals surface area contributed by atoms with Crippen LogP contribution in [0.2, 0.25) is 0 Å². The zero-order chi connectivity index (χ0) is 34.8. The Morgan fingerprint density at radius 1 is 0.771 bits per heavy atom. The monoisotopic (exact) mass is 837 g/mol. The number of rotatable bonds is 4. The van der Waals surface area contributed by atoms with Crippen LogP contribution in [0.25, 0.3) is 28.1 Å². The zero-order valence-corrected chi connectivity index (χ0v) is 31.3. The third-order valence-electron chi connectivity index (χ3n) is 8.46. The third kappa shape index (κ3) is 7.98. The molecular formula is C35H31BBr3N3O6. The maximum absolute atomic E-state index is 11.1. The number of nitrogens with one attached hydrogen (secondary N) is 1. The fraction of sp³-hybridized carbons (Fsp3) is 0.200. The second-order valence-corrected chi connectivity index (χ2v) is 14.9. The van der Waals surface area contributed by atoms with Crippen LogP contribution in [0.3, 0.4) is 0 Å². The summed E-state index contributed by atoms with van der Waals surface area (Å²) in [6.07, 6.45) is 7.26. The average Bonchev–Trinajstić information content (AvgIpc) is 3.74. The van der Waals surface area contributed by atoms with Crippen molar-refractivity contribution in [1.29, 1.82) is 0 Å². The Hall–Kier alpha value is -3.62. The predicted octanol–water partition coefficient (Wildman–Crippen LogP) is 10.2. The number of aromatic amines is 1. The van der Waals surface area contributed by atoms with Gasteiger partial charge in [0.15, 0.2) is 0 Å². The number of nitrogens with zero attached hydrogens (tertiary/aromatic N) is 2. The fourth-order valence-electron chi connectivity index (χ4n) is 5.14. The Labute approximate surface area is 303 Å². The Bertz CT molecular complexity index is 2030. The lowest BCUT2D eigenvalue weighted by Gasteiger charge is -2.32. The van der Waals surface area contributed by atoms with E-state index in [1.165, 1.54) is 23.3 Å². The van der Waals surface area contributed by atoms with Crippen LogP contribution >= 0.6 is 47.8 Å². The smallest absolute Gasteiger partial charge is 0.399 e. The molecule has 0 radical (unpaired) electrons. The van der Waals surface area contributed by atoms with Crippen LogP contribution in [0.4, 0.5) is 11.4 Å². The highest BCUT2D eigenvalue weighted by Gasteiger charge is 2.51. The molecule has 1 aromatic heterocycles. The molecule has 246 valence electrons. The topological polar surface area (TPSA) is 121 Å². The summed E-state index contributed by atoms with van der Waals surface area (Å²) in [5.41, 5.74) is 5.89. The molecule has 0 unspecified atom stereocenters. The molecule has 1 N–H and O–H groups in total. The van der Waals surface area contributed by atoms with Gasteiger partial charge in [-0.2, -0.15) is 0 Å². The normalized spacial score (nSPS) is 15.3. The number of allylic oxidation sites excluding steroid dienone is 1. The lowest BCUT2D eigenvalue weighted by atomic mass is 9.78. The minimum absolute atomic E-state index is 0.0770. The molecule has 0 spiro atoms. The highest BCUT2D eigenvalue weighted by Crippen LogP contribution is 2.37. The van der Waals surface area contributed by atoms with E-state index in [4.69, 9.17) is 9.31 Å². The van der Waals surface area contributed by atoms with Crippen LogP contribution in [0, 0.1) is 20.2 Å². The summed E-state index contributed by atoms with van der Waals surface area (Å²) in [6, 6.07) is 23.8. The van der Waals surface area contributed by atoms with Gasteiger partial charge in [-0.3, -0.25) is 20.2 Å². The lowest BCUT2D eigenvalue weighted by molar-refractivity contribution is -0.385. The molecule has 1 aliphatic heterocycles. The van der Waals surface area contributed by atoms with Crippen molar-refractivity contribution in [2.75, 3.05) is 0 Å². The molecule has 0 amide bonds. The largest absolute Gasteiger partial charge is 0.494 e. The van der Waals surface area contributed by atoms with Gasteiger partial charge in [0, 0.05) is 32.8 Å². The molecule has 1 fully saturated rings. The Kier molecular flexibility index (Phi) is 10.8. The van der Waals surface area contributed by atoms with E-state index in [2.05, 4.69) is 111 Å². The molecule has 0 bridgehead atoms. The first-order chi connectivity index (χ1) is 22.6. The van der Waals surface area contributed by atoms with Crippen molar-refractivity contribution in [2.24, 2.45) is 0 Å². The Morgan fingerprint density at radius 2 is 1.42 bits per heavy atom. The first kappa shape index (κ1) is 35.7. The molecule has 7 rings (SSSR count). The molecular weight excluding hydrogens is 809 g/mol. The van der Waals surface area contributed by atoms with E-state index in [1.54, 1.807) is 24.3 Å². The van der Waals surface area contributed by atoms with Crippen LogP contribution in [0.5, 0.6) is 0 Å². The maximum Gasteiger partial charge on any atom is 0.494 e. The van der Waals surface area contributed by atoms with Gasteiger partial charge in [0.1, 0.15) is 0 Å². The number of H-pyrrole nitrogens is 1. The van der Waals surface area contributed by atoms with E-state index in [0.29, 0.717) is 10.0 Å². The van der Waals surface area contributed by atoms with Crippen molar-refractivity contribution in [3.8, 4) is 11.1 Å². The summed E-state index contributed by atoms with van der Waals surface area (Å²) in [5.74, 6) is 0. The zero-order valence-electron chi connectivity index (χ0n) is 26.5. The summed E-state index contributed by atoms with van der Waals surface area (Å²) in [5, 5.41) is 22.4. The molecule has 1 aliphatic carbocycles. The van der Waals surface area contributed by atoms with Gasteiger partial charge >= 0.3 is 7.12 Å². The molecule has 2 heterocycles. The first-order valence-electron chi connectivity index (χ1n) is 14.9. The van der Waals surface area contributed by atoms with Gasteiger partial charge in [0.2, 0.25) is 0 Å². The van der Waals surface area contributed by atoms with E-state index < -0.39 is 4.92 Å². The minimum Gasteiger partial charge on any atom is -0.399 e. The van der Waals surface area contributed by atoms with E-state index in [9.17, 15) is 20.2 Å². The first-order valence-corrected chi connectivity index (χ1v) is 17.3. The molecule has 0 atom stereocenters. The second-order valence-electron chi connectivity index (χ2n) is 12.2. The lowest BCUT2D eigenvalue weighted by Crippen LogP contribution is -2.41. The summed E-state index contributed by atoms with van der Waals surface area (Å²) in [7, 11) is -0.255. The van der Waals surface area contributed by atoms with Gasteiger partial charge in [-0.1, -0.05) is 68.3 Å². The van der Waals surface area contributed by atoms with Crippen LogP contribution in [-0.4, -0.2) is 33.2 Å². The van der Waals surface area contributed by atoms with Crippen molar-refractivity contribution < 1.29 is 19.2 Å². The summed E-state index contributed by atoms with van der Waals surface area (Å²) >= 11 is 9.62. The number of aromatic nitrogens is 1. The van der Waals surface area contributed by atoms with E-state index >= 15 is 0 Å². The van der Waals surface area contributed by atoms with Gasteiger partial charge in [0.25, 0.3) is 11.4 Å². The molecule has 1 saturated heterocycles. The summed E-state index contributed by atoms with van der Waals surface area (Å²) < 4.78 is 14.2. The van der Waals surface area contributed by atoms with Gasteiger partial charge in [-0.15, -0.1) is 0 Å². The molecule has 2 aliphatic rings. The van der Waals surface area contributed by atoms with Crippen molar-refractivity contribution in [3.05, 3.63) is 136 Å². The van der Waals surface area contributed by atoms with Gasteiger partial charge in [-0.05, 0) is 120 Å². The van der Waals surface area contributed by atoms with Crippen molar-refractivity contribution in [2.45, 2.75) is 45.3 Å². The van der Waals surface area contributed by atoms with Crippen molar-refractivity contribution in [3.63, 3.8) is 0 Å². The maximum atomic E-state index is 11.1. The van der Waals surface area contributed by atoms with Crippen LogP contribution < -0.4 is 5.46 Å². The average molecular weight is 840 g/mol. The quantitative estimate of drug-likeness (QED) is 0.109. The highest BCUT2D eigenvalue weighted by molar-refractivity contribution is 9.11. The summed E-state index contributed by atoms with van der Waals surface area (Å²) in [4.78, 5) is 23.7. The minimum atomic E-state index is -0.434. The molecule has 13 heteroatoms.